The van der Waals surface area contributed by atoms with Gasteiger partial charge in [0.2, 0.25) is 0 Å². The molecule has 4 heterocycles. The molecular formula is C21H18FN5. The van der Waals surface area contributed by atoms with Crippen LogP contribution in [0.4, 0.5) is 4.39 Å². The molecule has 1 aromatic carbocycles. The highest BCUT2D eigenvalue weighted by atomic mass is 19.1. The standard InChI is InChI=1S/C21H18FN5/c22-17-1-2-19-18(9-17)16(11-24-19)12-27-8-5-15-10-25-21(26-20(15)13-27)14-3-6-23-7-4-14/h1-4,6-7,9-11,24H,5,8,12-13H2. The number of aromatic nitrogens is 4. The molecule has 0 spiro atoms. The third kappa shape index (κ3) is 3.08. The monoisotopic (exact) mass is 359 g/mol. The van der Waals surface area contributed by atoms with Crippen LogP contribution in [0.15, 0.2) is 55.1 Å². The molecule has 0 amide bonds. The molecule has 4 aromatic rings. The van der Waals surface area contributed by atoms with E-state index in [9.17, 15) is 4.39 Å². The second-order valence-electron chi connectivity index (χ2n) is 6.87. The van der Waals surface area contributed by atoms with Gasteiger partial charge in [-0.05, 0) is 47.9 Å². The molecule has 0 atom stereocenters. The van der Waals surface area contributed by atoms with E-state index in [1.54, 1.807) is 24.5 Å². The molecular weight excluding hydrogens is 341 g/mol. The van der Waals surface area contributed by atoms with Crippen LogP contribution in [-0.4, -0.2) is 31.4 Å². The van der Waals surface area contributed by atoms with Crippen LogP contribution < -0.4 is 0 Å². The molecule has 1 N–H and O–H groups in total. The van der Waals surface area contributed by atoms with Gasteiger partial charge >= 0.3 is 0 Å². The maximum atomic E-state index is 13.6. The second-order valence-corrected chi connectivity index (χ2v) is 6.87. The van der Waals surface area contributed by atoms with E-state index in [1.807, 2.05) is 24.5 Å². The van der Waals surface area contributed by atoms with Crippen molar-refractivity contribution in [3.05, 3.63) is 77.8 Å². The minimum absolute atomic E-state index is 0.206. The highest BCUT2D eigenvalue weighted by molar-refractivity contribution is 5.83. The van der Waals surface area contributed by atoms with Gasteiger partial charge in [0.1, 0.15) is 5.82 Å². The van der Waals surface area contributed by atoms with Crippen LogP contribution in [0, 0.1) is 5.82 Å². The lowest BCUT2D eigenvalue weighted by Gasteiger charge is -2.27. The Labute approximate surface area is 155 Å². The van der Waals surface area contributed by atoms with E-state index in [1.165, 1.54) is 11.6 Å². The van der Waals surface area contributed by atoms with Crippen molar-refractivity contribution in [2.24, 2.45) is 0 Å². The quantitative estimate of drug-likeness (QED) is 0.606. The SMILES string of the molecule is Fc1ccc2[nH]cc(CN3CCc4cnc(-c5ccncc5)nc4C3)c2c1. The number of fused-ring (bicyclic) bond motifs is 2. The van der Waals surface area contributed by atoms with Gasteiger partial charge in [-0.15, -0.1) is 0 Å². The summed E-state index contributed by atoms with van der Waals surface area (Å²) < 4.78 is 13.6. The molecule has 0 bridgehead atoms. The van der Waals surface area contributed by atoms with Gasteiger partial charge in [0.15, 0.2) is 5.82 Å². The van der Waals surface area contributed by atoms with Gasteiger partial charge < -0.3 is 4.98 Å². The van der Waals surface area contributed by atoms with E-state index in [0.29, 0.717) is 0 Å². The molecule has 27 heavy (non-hydrogen) atoms. The van der Waals surface area contributed by atoms with Gasteiger partial charge in [-0.2, -0.15) is 0 Å². The predicted octanol–water partition coefficient (Wildman–Crippen LogP) is 3.72. The van der Waals surface area contributed by atoms with Crippen molar-refractivity contribution in [2.75, 3.05) is 6.54 Å². The average molecular weight is 359 g/mol. The summed E-state index contributed by atoms with van der Waals surface area (Å²) in [6.07, 6.45) is 8.34. The molecule has 3 aromatic heterocycles. The minimum atomic E-state index is -0.206. The third-order valence-electron chi connectivity index (χ3n) is 5.09. The number of rotatable bonds is 3. The maximum Gasteiger partial charge on any atom is 0.159 e. The zero-order chi connectivity index (χ0) is 18.2. The first-order chi connectivity index (χ1) is 13.3. The van der Waals surface area contributed by atoms with Gasteiger partial charge in [0.25, 0.3) is 0 Å². The zero-order valence-electron chi connectivity index (χ0n) is 14.7. The van der Waals surface area contributed by atoms with Crippen molar-refractivity contribution in [3.63, 3.8) is 0 Å². The van der Waals surface area contributed by atoms with E-state index in [-0.39, 0.29) is 5.82 Å². The number of nitrogens with one attached hydrogen (secondary N) is 1. The molecule has 0 saturated heterocycles. The van der Waals surface area contributed by atoms with Crippen molar-refractivity contribution in [2.45, 2.75) is 19.5 Å². The molecule has 6 heteroatoms. The Hall–Kier alpha value is -3.12. The van der Waals surface area contributed by atoms with Gasteiger partial charge in [0.05, 0.1) is 5.69 Å². The number of aromatic amines is 1. The van der Waals surface area contributed by atoms with Crippen LogP contribution in [0.5, 0.6) is 0 Å². The fourth-order valence-electron chi connectivity index (χ4n) is 3.65. The molecule has 0 aliphatic carbocycles. The van der Waals surface area contributed by atoms with Gasteiger partial charge in [-0.3, -0.25) is 9.88 Å². The van der Waals surface area contributed by atoms with Crippen molar-refractivity contribution in [1.29, 1.82) is 0 Å². The van der Waals surface area contributed by atoms with Crippen molar-refractivity contribution in [1.82, 2.24) is 24.8 Å². The van der Waals surface area contributed by atoms with E-state index >= 15 is 0 Å². The Bertz CT molecular complexity index is 1110. The lowest BCUT2D eigenvalue weighted by Crippen LogP contribution is -2.31. The van der Waals surface area contributed by atoms with Crippen molar-refractivity contribution >= 4 is 10.9 Å². The molecule has 5 rings (SSSR count). The molecule has 5 nitrogen and oxygen atoms in total. The number of H-pyrrole nitrogens is 1. The van der Waals surface area contributed by atoms with Crippen molar-refractivity contribution < 1.29 is 4.39 Å². The molecule has 0 unspecified atom stereocenters. The first kappa shape index (κ1) is 16.1. The van der Waals surface area contributed by atoms with E-state index in [0.717, 1.165) is 59.6 Å². The van der Waals surface area contributed by atoms with Crippen LogP contribution in [0.3, 0.4) is 0 Å². The van der Waals surface area contributed by atoms with Gasteiger partial charge in [-0.25, -0.2) is 14.4 Å². The number of hydrogen-bond donors (Lipinski definition) is 1. The molecule has 0 saturated carbocycles. The summed E-state index contributed by atoms with van der Waals surface area (Å²) in [6, 6.07) is 8.71. The Morgan fingerprint density at radius 2 is 2.04 bits per heavy atom. The Balaban J connectivity index is 1.41. The molecule has 1 aliphatic rings. The minimum Gasteiger partial charge on any atom is -0.361 e. The normalized spacial score (nSPS) is 14.4. The Morgan fingerprint density at radius 3 is 2.93 bits per heavy atom. The summed E-state index contributed by atoms with van der Waals surface area (Å²) in [7, 11) is 0. The van der Waals surface area contributed by atoms with E-state index in [2.05, 4.69) is 19.9 Å². The maximum absolute atomic E-state index is 13.6. The van der Waals surface area contributed by atoms with E-state index in [4.69, 9.17) is 4.98 Å². The summed E-state index contributed by atoms with van der Waals surface area (Å²) in [4.78, 5) is 18.9. The van der Waals surface area contributed by atoms with Crippen molar-refractivity contribution in [3.8, 4) is 11.4 Å². The number of pyridine rings is 1. The number of hydrogen-bond acceptors (Lipinski definition) is 4. The molecule has 1 aliphatic heterocycles. The Morgan fingerprint density at radius 1 is 1.15 bits per heavy atom. The third-order valence-corrected chi connectivity index (χ3v) is 5.09. The first-order valence-electron chi connectivity index (χ1n) is 8.99. The first-order valence-corrected chi connectivity index (χ1v) is 8.99. The summed E-state index contributed by atoms with van der Waals surface area (Å²) in [6.45, 7) is 2.46. The number of nitrogens with zero attached hydrogens (tertiary/aromatic N) is 4. The summed E-state index contributed by atoms with van der Waals surface area (Å²) >= 11 is 0. The van der Waals surface area contributed by atoms with Crippen LogP contribution >= 0.6 is 0 Å². The molecule has 134 valence electrons. The highest BCUT2D eigenvalue weighted by Crippen LogP contribution is 2.25. The number of halogens is 1. The average Bonchev–Trinajstić information content (AvgIpc) is 3.10. The highest BCUT2D eigenvalue weighted by Gasteiger charge is 2.20. The largest absolute Gasteiger partial charge is 0.361 e. The second kappa shape index (κ2) is 6.55. The summed E-state index contributed by atoms with van der Waals surface area (Å²) in [5, 5.41) is 0.945. The van der Waals surface area contributed by atoms with E-state index < -0.39 is 0 Å². The van der Waals surface area contributed by atoms with Crippen LogP contribution in [-0.2, 0) is 19.5 Å². The van der Waals surface area contributed by atoms with Gasteiger partial charge in [-0.1, -0.05) is 0 Å². The topological polar surface area (TPSA) is 57.7 Å². The zero-order valence-corrected chi connectivity index (χ0v) is 14.7. The van der Waals surface area contributed by atoms with Crippen LogP contribution in [0.1, 0.15) is 16.8 Å². The number of benzene rings is 1. The smallest absolute Gasteiger partial charge is 0.159 e. The summed E-state index contributed by atoms with van der Waals surface area (Å²) in [5.41, 5.74) is 5.31. The van der Waals surface area contributed by atoms with Gasteiger partial charge in [0, 0.05) is 60.9 Å². The molecule has 0 fully saturated rings. The molecule has 0 radical (unpaired) electrons. The fraction of sp³-hybridized carbons (Fsp3) is 0.190. The lowest BCUT2D eigenvalue weighted by atomic mass is 10.1. The lowest BCUT2D eigenvalue weighted by molar-refractivity contribution is 0.242. The fourth-order valence-corrected chi connectivity index (χ4v) is 3.65. The predicted molar refractivity (Wildman–Crippen MR) is 101 cm³/mol. The van der Waals surface area contributed by atoms with Crippen LogP contribution in [0.2, 0.25) is 0 Å². The Kier molecular flexibility index (Phi) is 3.90. The van der Waals surface area contributed by atoms with Crippen LogP contribution in [0.25, 0.3) is 22.3 Å². The summed E-state index contributed by atoms with van der Waals surface area (Å²) in [5.74, 6) is 0.522.